The summed E-state index contributed by atoms with van der Waals surface area (Å²) in [5, 5.41) is 8.60. The molecule has 0 atom stereocenters. The molecule has 0 saturated heterocycles. The van der Waals surface area contributed by atoms with Gasteiger partial charge in [-0.3, -0.25) is 4.79 Å². The summed E-state index contributed by atoms with van der Waals surface area (Å²) < 4.78 is 5.69. The van der Waals surface area contributed by atoms with Crippen molar-refractivity contribution in [2.45, 2.75) is 6.92 Å². The van der Waals surface area contributed by atoms with E-state index in [2.05, 4.69) is 36.8 Å². The summed E-state index contributed by atoms with van der Waals surface area (Å²) in [5.41, 5.74) is 0.236. The predicted octanol–water partition coefficient (Wildman–Crippen LogP) is 2.40. The average molecular weight is 320 g/mol. The number of pyridine rings is 1. The van der Waals surface area contributed by atoms with Crippen LogP contribution in [-0.4, -0.2) is 11.0 Å². The van der Waals surface area contributed by atoms with Crippen molar-refractivity contribution in [3.63, 3.8) is 0 Å². The maximum absolute atomic E-state index is 10.7. The van der Waals surface area contributed by atoms with Gasteiger partial charge in [-0.05, 0) is 37.9 Å². The third kappa shape index (κ3) is 2.53. The van der Waals surface area contributed by atoms with E-state index in [0.29, 0.717) is 9.08 Å². The summed E-state index contributed by atoms with van der Waals surface area (Å²) >= 11 is 6.27. The molecule has 1 aromatic rings. The van der Waals surface area contributed by atoms with Crippen LogP contribution in [0.3, 0.4) is 0 Å². The minimum absolute atomic E-state index is 0.236. The predicted molar refractivity (Wildman–Crippen MR) is 55.7 cm³/mol. The third-order valence-corrected chi connectivity index (χ3v) is 2.37. The highest BCUT2D eigenvalue weighted by Crippen LogP contribution is 2.32. The second-order valence-corrected chi connectivity index (χ2v) is 3.92. The Morgan fingerprint density at radius 1 is 1.64 bits per heavy atom. The van der Waals surface area contributed by atoms with Crippen LogP contribution < -0.4 is 4.74 Å². The SMILES string of the molecule is CC(=O)Oc1c(Br)cc(C#N)nc1Br. The zero-order valence-corrected chi connectivity index (χ0v) is 10.2. The fourth-order valence-corrected chi connectivity index (χ4v) is 2.00. The van der Waals surface area contributed by atoms with Crippen LogP contribution in [0.1, 0.15) is 12.6 Å². The summed E-state index contributed by atoms with van der Waals surface area (Å²) in [6, 6.07) is 3.35. The molecule has 72 valence electrons. The van der Waals surface area contributed by atoms with Crippen molar-refractivity contribution in [3.05, 3.63) is 20.8 Å². The largest absolute Gasteiger partial charge is 0.423 e. The molecule has 0 aromatic carbocycles. The number of hydrogen-bond donors (Lipinski definition) is 0. The minimum atomic E-state index is -0.446. The first-order valence-electron chi connectivity index (χ1n) is 3.49. The summed E-state index contributed by atoms with van der Waals surface area (Å²) in [5.74, 6) is -0.172. The van der Waals surface area contributed by atoms with Crippen molar-refractivity contribution in [3.8, 4) is 11.8 Å². The van der Waals surface area contributed by atoms with Gasteiger partial charge < -0.3 is 4.74 Å². The van der Waals surface area contributed by atoms with Crippen molar-refractivity contribution in [2.24, 2.45) is 0 Å². The van der Waals surface area contributed by atoms with Crippen LogP contribution in [0.4, 0.5) is 0 Å². The smallest absolute Gasteiger partial charge is 0.308 e. The molecule has 14 heavy (non-hydrogen) atoms. The maximum atomic E-state index is 10.7. The van der Waals surface area contributed by atoms with E-state index in [4.69, 9.17) is 10.00 Å². The molecule has 1 heterocycles. The van der Waals surface area contributed by atoms with Gasteiger partial charge in [-0.2, -0.15) is 5.26 Å². The molecule has 0 fully saturated rings. The van der Waals surface area contributed by atoms with Crippen LogP contribution in [-0.2, 0) is 4.79 Å². The number of nitrogens with zero attached hydrogens (tertiary/aromatic N) is 2. The molecule has 0 radical (unpaired) electrons. The molecule has 0 unspecified atom stereocenters. The molecule has 0 bridgehead atoms. The molecule has 1 aromatic heterocycles. The van der Waals surface area contributed by atoms with Crippen molar-refractivity contribution < 1.29 is 9.53 Å². The summed E-state index contributed by atoms with van der Waals surface area (Å²) in [4.78, 5) is 14.6. The highest BCUT2D eigenvalue weighted by Gasteiger charge is 2.12. The van der Waals surface area contributed by atoms with Gasteiger partial charge in [-0.25, -0.2) is 4.98 Å². The molecule has 4 nitrogen and oxygen atoms in total. The molecule has 1 rings (SSSR count). The lowest BCUT2D eigenvalue weighted by atomic mass is 10.3. The Labute approximate surface area is 97.1 Å². The lowest BCUT2D eigenvalue weighted by molar-refractivity contribution is -0.132. The fourth-order valence-electron chi connectivity index (χ4n) is 0.765. The summed E-state index contributed by atoms with van der Waals surface area (Å²) in [6.07, 6.45) is 0. The summed E-state index contributed by atoms with van der Waals surface area (Å²) in [7, 11) is 0. The van der Waals surface area contributed by atoms with E-state index >= 15 is 0 Å². The van der Waals surface area contributed by atoms with Crippen molar-refractivity contribution in [1.82, 2.24) is 4.98 Å². The van der Waals surface area contributed by atoms with Gasteiger partial charge in [-0.15, -0.1) is 0 Å². The standard InChI is InChI=1S/C8H4Br2N2O2/c1-4(13)14-7-6(9)2-5(3-11)12-8(7)10/h2H,1H3. The molecule has 0 aliphatic carbocycles. The molecule has 0 saturated carbocycles. The second-order valence-electron chi connectivity index (χ2n) is 2.31. The highest BCUT2D eigenvalue weighted by molar-refractivity contribution is 9.11. The molecule has 0 N–H and O–H groups in total. The molecule has 0 aliphatic rings. The second kappa shape index (κ2) is 4.53. The lowest BCUT2D eigenvalue weighted by Gasteiger charge is -2.05. The molecular weight excluding hydrogens is 316 g/mol. The Balaban J connectivity index is 3.19. The van der Waals surface area contributed by atoms with Crippen molar-refractivity contribution in [2.75, 3.05) is 0 Å². The van der Waals surface area contributed by atoms with Gasteiger partial charge in [0.2, 0.25) is 0 Å². The number of rotatable bonds is 1. The molecule has 0 spiro atoms. The van der Waals surface area contributed by atoms with Gasteiger partial charge in [0.05, 0.1) is 4.47 Å². The van der Waals surface area contributed by atoms with Gasteiger partial charge in [0, 0.05) is 6.92 Å². The van der Waals surface area contributed by atoms with Gasteiger partial charge in [0.25, 0.3) is 0 Å². The number of esters is 1. The summed E-state index contributed by atoms with van der Waals surface area (Å²) in [6.45, 7) is 1.29. The zero-order chi connectivity index (χ0) is 10.7. The number of carbonyl (C=O) groups is 1. The van der Waals surface area contributed by atoms with Crippen LogP contribution in [0.25, 0.3) is 0 Å². The topological polar surface area (TPSA) is 63.0 Å². The van der Waals surface area contributed by atoms with Crippen LogP contribution in [0.2, 0.25) is 0 Å². The Hall–Kier alpha value is -0.930. The van der Waals surface area contributed by atoms with E-state index in [0.717, 1.165) is 0 Å². The van der Waals surface area contributed by atoms with Gasteiger partial charge in [0.15, 0.2) is 10.4 Å². The van der Waals surface area contributed by atoms with E-state index in [1.807, 2.05) is 6.07 Å². The first kappa shape index (κ1) is 11.1. The number of halogens is 2. The highest BCUT2D eigenvalue weighted by atomic mass is 79.9. The number of carbonyl (C=O) groups excluding carboxylic acids is 1. The Morgan fingerprint density at radius 2 is 2.29 bits per heavy atom. The average Bonchev–Trinajstić information content (AvgIpc) is 2.10. The van der Waals surface area contributed by atoms with Crippen LogP contribution in [0, 0.1) is 11.3 Å². The first-order valence-corrected chi connectivity index (χ1v) is 5.07. The first-order chi connectivity index (χ1) is 6.54. The van der Waals surface area contributed by atoms with Gasteiger partial charge >= 0.3 is 5.97 Å². The van der Waals surface area contributed by atoms with Gasteiger partial charge in [-0.1, -0.05) is 0 Å². The lowest BCUT2D eigenvalue weighted by Crippen LogP contribution is -2.03. The van der Waals surface area contributed by atoms with Crippen LogP contribution >= 0.6 is 31.9 Å². The van der Waals surface area contributed by atoms with Gasteiger partial charge in [0.1, 0.15) is 11.8 Å². The Kier molecular flexibility index (Phi) is 3.61. The maximum Gasteiger partial charge on any atom is 0.308 e. The molecule has 0 amide bonds. The number of aromatic nitrogens is 1. The number of nitriles is 1. The van der Waals surface area contributed by atoms with E-state index < -0.39 is 5.97 Å². The van der Waals surface area contributed by atoms with Crippen molar-refractivity contribution >= 4 is 37.8 Å². The zero-order valence-electron chi connectivity index (χ0n) is 7.04. The quantitative estimate of drug-likeness (QED) is 0.589. The normalized spacial score (nSPS) is 9.29. The Bertz CT molecular complexity index is 403. The third-order valence-electron chi connectivity index (χ3n) is 1.25. The van der Waals surface area contributed by atoms with Crippen LogP contribution in [0.15, 0.2) is 15.1 Å². The fraction of sp³-hybridized carbons (Fsp3) is 0.125. The number of ether oxygens (including phenoxy) is 1. The Morgan fingerprint density at radius 3 is 2.71 bits per heavy atom. The van der Waals surface area contributed by atoms with E-state index in [-0.39, 0.29) is 11.4 Å². The monoisotopic (exact) mass is 318 g/mol. The van der Waals surface area contributed by atoms with E-state index in [1.165, 1.54) is 13.0 Å². The van der Waals surface area contributed by atoms with E-state index in [1.54, 1.807) is 0 Å². The van der Waals surface area contributed by atoms with E-state index in [9.17, 15) is 4.79 Å². The number of hydrogen-bond acceptors (Lipinski definition) is 4. The van der Waals surface area contributed by atoms with Crippen molar-refractivity contribution in [1.29, 1.82) is 5.26 Å². The minimum Gasteiger partial charge on any atom is -0.423 e. The molecule has 0 aliphatic heterocycles. The molecule has 6 heteroatoms. The van der Waals surface area contributed by atoms with Crippen LogP contribution in [0.5, 0.6) is 5.75 Å². The molecular formula is C8H4Br2N2O2.